The number of carbonyl (C=O) groups is 1. The molecular formula is C22H22N2O3. The molecule has 3 aromatic rings. The van der Waals surface area contributed by atoms with Gasteiger partial charge in [0.05, 0.1) is 19.8 Å². The normalized spacial score (nSPS) is 10.3. The molecule has 1 aromatic heterocycles. The molecule has 3 rings (SSSR count). The fourth-order valence-electron chi connectivity index (χ4n) is 2.72. The van der Waals surface area contributed by atoms with Crippen LogP contribution in [-0.4, -0.2) is 31.7 Å². The first-order valence-electron chi connectivity index (χ1n) is 8.70. The largest absolute Gasteiger partial charge is 0.497 e. The molecule has 1 amide bonds. The Kier molecular flexibility index (Phi) is 6.05. The summed E-state index contributed by atoms with van der Waals surface area (Å²) in [5.74, 6) is 1.48. The van der Waals surface area contributed by atoms with Crippen LogP contribution in [0.25, 0.3) is 11.1 Å². The lowest BCUT2D eigenvalue weighted by Gasteiger charge is -2.08. The molecule has 0 aliphatic heterocycles. The molecule has 0 bridgehead atoms. The van der Waals surface area contributed by atoms with Crippen LogP contribution in [0.2, 0.25) is 0 Å². The van der Waals surface area contributed by atoms with Gasteiger partial charge in [-0.2, -0.15) is 0 Å². The minimum absolute atomic E-state index is 0.133. The molecule has 1 heterocycles. The van der Waals surface area contributed by atoms with Crippen molar-refractivity contribution in [2.75, 3.05) is 20.8 Å². The number of benzene rings is 2. The van der Waals surface area contributed by atoms with Gasteiger partial charge in [0.25, 0.3) is 5.91 Å². The molecule has 0 fully saturated rings. The number of rotatable bonds is 7. The lowest BCUT2D eigenvalue weighted by atomic mass is 10.1. The lowest BCUT2D eigenvalue weighted by molar-refractivity contribution is 0.0954. The smallest absolute Gasteiger partial charge is 0.252 e. The first-order chi connectivity index (χ1) is 13.2. The number of hydrogen-bond donors (Lipinski definition) is 1. The second kappa shape index (κ2) is 8.85. The predicted molar refractivity (Wildman–Crippen MR) is 105 cm³/mol. The fourth-order valence-corrected chi connectivity index (χ4v) is 2.72. The molecule has 0 saturated carbocycles. The fraction of sp³-hybridized carbons (Fsp3) is 0.182. The number of pyridine rings is 1. The molecule has 0 spiro atoms. The molecule has 27 heavy (non-hydrogen) atoms. The summed E-state index contributed by atoms with van der Waals surface area (Å²) < 4.78 is 10.3. The van der Waals surface area contributed by atoms with Crippen LogP contribution < -0.4 is 14.8 Å². The van der Waals surface area contributed by atoms with Gasteiger partial charge in [-0.05, 0) is 47.9 Å². The standard InChI is InChI=1S/C22H22N2O3/c1-26-20-7-3-16(4-8-20)11-12-24-22(25)19-13-18(14-23-15-19)17-5-9-21(27-2)10-6-17/h3-10,13-15H,11-12H2,1-2H3,(H,24,25). The molecule has 0 radical (unpaired) electrons. The van der Waals surface area contributed by atoms with Gasteiger partial charge in [0.15, 0.2) is 0 Å². The molecule has 0 saturated heterocycles. The Morgan fingerprint density at radius 1 is 0.889 bits per heavy atom. The van der Waals surface area contributed by atoms with Crippen molar-refractivity contribution in [2.45, 2.75) is 6.42 Å². The van der Waals surface area contributed by atoms with Crippen molar-refractivity contribution in [1.29, 1.82) is 0 Å². The van der Waals surface area contributed by atoms with Crippen LogP contribution in [0.5, 0.6) is 11.5 Å². The Bertz CT molecular complexity index is 890. The van der Waals surface area contributed by atoms with Crippen molar-refractivity contribution in [1.82, 2.24) is 10.3 Å². The van der Waals surface area contributed by atoms with Crippen molar-refractivity contribution in [2.24, 2.45) is 0 Å². The van der Waals surface area contributed by atoms with Crippen molar-refractivity contribution >= 4 is 5.91 Å². The van der Waals surface area contributed by atoms with E-state index >= 15 is 0 Å². The zero-order chi connectivity index (χ0) is 19.1. The maximum Gasteiger partial charge on any atom is 0.252 e. The van der Waals surface area contributed by atoms with E-state index in [4.69, 9.17) is 9.47 Å². The van der Waals surface area contributed by atoms with Gasteiger partial charge in [0.2, 0.25) is 0 Å². The van der Waals surface area contributed by atoms with E-state index in [1.807, 2.05) is 54.6 Å². The van der Waals surface area contributed by atoms with E-state index < -0.39 is 0 Å². The number of carbonyl (C=O) groups excluding carboxylic acids is 1. The molecule has 0 aliphatic rings. The van der Waals surface area contributed by atoms with Gasteiger partial charge in [0, 0.05) is 24.5 Å². The zero-order valence-corrected chi connectivity index (χ0v) is 15.4. The number of ether oxygens (including phenoxy) is 2. The van der Waals surface area contributed by atoms with Crippen LogP contribution >= 0.6 is 0 Å². The van der Waals surface area contributed by atoms with Crippen molar-refractivity contribution in [3.05, 3.63) is 78.1 Å². The maximum absolute atomic E-state index is 12.4. The van der Waals surface area contributed by atoms with Gasteiger partial charge in [0.1, 0.15) is 11.5 Å². The summed E-state index contributed by atoms with van der Waals surface area (Å²) in [7, 11) is 3.27. The van der Waals surface area contributed by atoms with Gasteiger partial charge >= 0.3 is 0 Å². The van der Waals surface area contributed by atoms with E-state index in [-0.39, 0.29) is 5.91 Å². The molecule has 0 aliphatic carbocycles. The summed E-state index contributed by atoms with van der Waals surface area (Å²) in [4.78, 5) is 16.6. The Balaban J connectivity index is 1.60. The minimum atomic E-state index is -0.133. The second-order valence-corrected chi connectivity index (χ2v) is 6.04. The van der Waals surface area contributed by atoms with Crippen molar-refractivity contribution in [3.63, 3.8) is 0 Å². The van der Waals surface area contributed by atoms with Crippen LogP contribution in [0, 0.1) is 0 Å². The average molecular weight is 362 g/mol. The number of methoxy groups -OCH3 is 2. The Morgan fingerprint density at radius 2 is 1.52 bits per heavy atom. The number of nitrogens with one attached hydrogen (secondary N) is 1. The highest BCUT2D eigenvalue weighted by Gasteiger charge is 2.08. The lowest BCUT2D eigenvalue weighted by Crippen LogP contribution is -2.25. The van der Waals surface area contributed by atoms with E-state index in [1.54, 1.807) is 26.6 Å². The molecule has 1 N–H and O–H groups in total. The predicted octanol–water partition coefficient (Wildman–Crippen LogP) is 3.74. The van der Waals surface area contributed by atoms with Crippen LogP contribution in [0.1, 0.15) is 15.9 Å². The quantitative estimate of drug-likeness (QED) is 0.696. The van der Waals surface area contributed by atoms with Crippen LogP contribution in [0.3, 0.4) is 0 Å². The van der Waals surface area contributed by atoms with Crippen LogP contribution in [-0.2, 0) is 6.42 Å². The average Bonchev–Trinajstić information content (AvgIpc) is 2.74. The number of nitrogens with zero attached hydrogens (tertiary/aromatic N) is 1. The Morgan fingerprint density at radius 3 is 2.15 bits per heavy atom. The molecule has 0 atom stereocenters. The van der Waals surface area contributed by atoms with E-state index in [0.717, 1.165) is 34.6 Å². The van der Waals surface area contributed by atoms with Crippen molar-refractivity contribution in [3.8, 4) is 22.6 Å². The van der Waals surface area contributed by atoms with E-state index in [0.29, 0.717) is 12.1 Å². The molecule has 0 unspecified atom stereocenters. The summed E-state index contributed by atoms with van der Waals surface area (Å²) in [6, 6.07) is 17.3. The zero-order valence-electron chi connectivity index (χ0n) is 15.4. The Hall–Kier alpha value is -3.34. The van der Waals surface area contributed by atoms with Gasteiger partial charge in [-0.15, -0.1) is 0 Å². The molecule has 5 heteroatoms. The topological polar surface area (TPSA) is 60.5 Å². The first-order valence-corrected chi connectivity index (χ1v) is 8.70. The SMILES string of the molecule is COc1ccc(CCNC(=O)c2cncc(-c3ccc(OC)cc3)c2)cc1. The van der Waals surface area contributed by atoms with Gasteiger partial charge in [-0.1, -0.05) is 24.3 Å². The van der Waals surface area contributed by atoms with Crippen molar-refractivity contribution < 1.29 is 14.3 Å². The summed E-state index contributed by atoms with van der Waals surface area (Å²) >= 11 is 0. The summed E-state index contributed by atoms with van der Waals surface area (Å²) in [5.41, 5.74) is 3.55. The number of amides is 1. The number of hydrogen-bond acceptors (Lipinski definition) is 4. The van der Waals surface area contributed by atoms with Gasteiger partial charge in [-0.3, -0.25) is 9.78 Å². The third kappa shape index (κ3) is 4.85. The summed E-state index contributed by atoms with van der Waals surface area (Å²) in [6.45, 7) is 0.553. The van der Waals surface area contributed by atoms with Gasteiger partial charge < -0.3 is 14.8 Å². The third-order valence-corrected chi connectivity index (χ3v) is 4.28. The molecular weight excluding hydrogens is 340 g/mol. The van der Waals surface area contributed by atoms with Crippen LogP contribution in [0.15, 0.2) is 67.0 Å². The van der Waals surface area contributed by atoms with Crippen LogP contribution in [0.4, 0.5) is 0 Å². The van der Waals surface area contributed by atoms with E-state index in [2.05, 4.69) is 10.3 Å². The Labute approximate surface area is 159 Å². The third-order valence-electron chi connectivity index (χ3n) is 4.28. The maximum atomic E-state index is 12.4. The summed E-state index contributed by atoms with van der Waals surface area (Å²) in [6.07, 6.45) is 4.08. The van der Waals surface area contributed by atoms with E-state index in [1.165, 1.54) is 0 Å². The molecule has 5 nitrogen and oxygen atoms in total. The summed E-state index contributed by atoms with van der Waals surface area (Å²) in [5, 5.41) is 2.94. The first kappa shape index (κ1) is 18.5. The second-order valence-electron chi connectivity index (χ2n) is 6.04. The molecule has 138 valence electrons. The number of aromatic nitrogens is 1. The van der Waals surface area contributed by atoms with Gasteiger partial charge in [-0.25, -0.2) is 0 Å². The highest BCUT2D eigenvalue weighted by molar-refractivity contribution is 5.95. The highest BCUT2D eigenvalue weighted by Crippen LogP contribution is 2.22. The van der Waals surface area contributed by atoms with E-state index in [9.17, 15) is 4.79 Å². The molecule has 2 aromatic carbocycles. The monoisotopic (exact) mass is 362 g/mol. The highest BCUT2D eigenvalue weighted by atomic mass is 16.5. The minimum Gasteiger partial charge on any atom is -0.497 e.